The molecule has 0 amide bonds. The highest BCUT2D eigenvalue weighted by Crippen LogP contribution is 2.25. The van der Waals surface area contributed by atoms with E-state index < -0.39 is 16.1 Å². The Kier molecular flexibility index (Phi) is 5.73. The van der Waals surface area contributed by atoms with Crippen molar-refractivity contribution in [2.24, 2.45) is 0 Å². The Morgan fingerprint density at radius 1 is 1.08 bits per heavy atom. The van der Waals surface area contributed by atoms with Gasteiger partial charge in [-0.05, 0) is 35.9 Å². The van der Waals surface area contributed by atoms with Gasteiger partial charge in [0, 0.05) is 30.7 Å². The highest BCUT2D eigenvalue weighted by molar-refractivity contribution is 9.10. The number of halogens is 2. The van der Waals surface area contributed by atoms with Crippen molar-refractivity contribution in [3.05, 3.63) is 64.4 Å². The minimum Gasteiger partial charge on any atom is -0.282 e. The van der Waals surface area contributed by atoms with E-state index in [4.69, 9.17) is 0 Å². The number of hydrogen-bond acceptors (Lipinski definition) is 4. The van der Waals surface area contributed by atoms with E-state index in [0.29, 0.717) is 36.2 Å². The van der Waals surface area contributed by atoms with E-state index in [1.165, 1.54) is 16.4 Å². The van der Waals surface area contributed by atoms with Crippen LogP contribution >= 0.6 is 15.9 Å². The summed E-state index contributed by atoms with van der Waals surface area (Å²) in [6.45, 7) is 1.47. The van der Waals surface area contributed by atoms with E-state index in [1.54, 1.807) is 36.4 Å². The molecule has 0 radical (unpaired) electrons. The van der Waals surface area contributed by atoms with Crippen molar-refractivity contribution >= 4 is 26.0 Å². The summed E-state index contributed by atoms with van der Waals surface area (Å²) in [6.07, 6.45) is 0. The van der Waals surface area contributed by atoms with Crippen molar-refractivity contribution in [2.75, 3.05) is 26.2 Å². The number of nitrogens with zero attached hydrogens (tertiary/aromatic N) is 3. The van der Waals surface area contributed by atoms with Gasteiger partial charge in [-0.25, -0.2) is 12.8 Å². The van der Waals surface area contributed by atoms with Crippen LogP contribution in [0.15, 0.2) is 57.9 Å². The summed E-state index contributed by atoms with van der Waals surface area (Å²) in [5.74, 6) is -0.352. The third-order valence-electron chi connectivity index (χ3n) is 4.38. The lowest BCUT2D eigenvalue weighted by atomic mass is 10.1. The normalized spacial score (nSPS) is 17.6. The molecule has 0 bridgehead atoms. The molecule has 1 saturated heterocycles. The first-order valence-corrected chi connectivity index (χ1v) is 10.3. The fourth-order valence-electron chi connectivity index (χ4n) is 2.99. The summed E-state index contributed by atoms with van der Waals surface area (Å²) in [6, 6.07) is 14.2. The van der Waals surface area contributed by atoms with Gasteiger partial charge in [-0.2, -0.15) is 9.57 Å². The average molecular weight is 438 g/mol. The van der Waals surface area contributed by atoms with Crippen LogP contribution in [0, 0.1) is 17.1 Å². The molecule has 2 aromatic rings. The van der Waals surface area contributed by atoms with Gasteiger partial charge in [0.1, 0.15) is 11.9 Å². The third-order valence-corrected chi connectivity index (χ3v) is 6.77. The Morgan fingerprint density at radius 3 is 2.31 bits per heavy atom. The number of sulfonamides is 1. The van der Waals surface area contributed by atoms with Crippen LogP contribution in [0.25, 0.3) is 0 Å². The van der Waals surface area contributed by atoms with E-state index in [-0.39, 0.29) is 10.7 Å². The van der Waals surface area contributed by atoms with Crippen molar-refractivity contribution in [3.8, 4) is 6.07 Å². The molecule has 0 spiro atoms. The third kappa shape index (κ3) is 3.96. The number of nitriles is 1. The average Bonchev–Trinajstić information content (AvgIpc) is 2.64. The summed E-state index contributed by atoms with van der Waals surface area (Å²) < 4.78 is 40.8. The second kappa shape index (κ2) is 7.84. The molecule has 1 fully saturated rings. The van der Waals surface area contributed by atoms with E-state index in [9.17, 15) is 18.1 Å². The zero-order chi connectivity index (χ0) is 18.7. The molecule has 1 heterocycles. The van der Waals surface area contributed by atoms with Crippen molar-refractivity contribution in [2.45, 2.75) is 10.9 Å². The summed E-state index contributed by atoms with van der Waals surface area (Å²) in [5, 5.41) is 9.51. The summed E-state index contributed by atoms with van der Waals surface area (Å²) in [7, 11) is -3.57. The number of benzene rings is 2. The van der Waals surface area contributed by atoms with Gasteiger partial charge >= 0.3 is 0 Å². The SMILES string of the molecule is N#CC(c1ccc(F)cc1)N1CCN(S(=O)(=O)c2cccc(Br)c2)CC1. The van der Waals surface area contributed by atoms with Gasteiger partial charge in [-0.15, -0.1) is 0 Å². The lowest BCUT2D eigenvalue weighted by Crippen LogP contribution is -2.49. The highest BCUT2D eigenvalue weighted by atomic mass is 79.9. The zero-order valence-electron chi connectivity index (χ0n) is 13.8. The molecule has 3 rings (SSSR count). The van der Waals surface area contributed by atoms with Crippen LogP contribution in [0.2, 0.25) is 0 Å². The van der Waals surface area contributed by atoms with Gasteiger partial charge < -0.3 is 0 Å². The molecule has 8 heteroatoms. The van der Waals surface area contributed by atoms with Crippen LogP contribution in [-0.2, 0) is 10.0 Å². The van der Waals surface area contributed by atoms with Crippen molar-refractivity contribution < 1.29 is 12.8 Å². The maximum Gasteiger partial charge on any atom is 0.243 e. The predicted molar refractivity (Wildman–Crippen MR) is 99.2 cm³/mol. The molecule has 0 saturated carbocycles. The number of piperazine rings is 1. The Morgan fingerprint density at radius 2 is 1.73 bits per heavy atom. The highest BCUT2D eigenvalue weighted by Gasteiger charge is 2.31. The van der Waals surface area contributed by atoms with E-state index in [1.807, 2.05) is 4.90 Å². The smallest absolute Gasteiger partial charge is 0.243 e. The molecule has 0 N–H and O–H groups in total. The molecule has 1 aliphatic heterocycles. The van der Waals surface area contributed by atoms with Crippen LogP contribution in [-0.4, -0.2) is 43.8 Å². The van der Waals surface area contributed by atoms with E-state index >= 15 is 0 Å². The largest absolute Gasteiger partial charge is 0.282 e. The standard InChI is InChI=1S/C18H17BrFN3O2S/c19-15-2-1-3-17(12-15)26(24,25)23-10-8-22(9-11-23)18(13-21)14-4-6-16(20)7-5-14/h1-7,12,18H,8-11H2. The molecule has 26 heavy (non-hydrogen) atoms. The molecular weight excluding hydrogens is 421 g/mol. The van der Waals surface area contributed by atoms with Crippen LogP contribution < -0.4 is 0 Å². The molecule has 1 aliphatic rings. The van der Waals surface area contributed by atoms with Crippen molar-refractivity contribution in [1.29, 1.82) is 5.26 Å². The molecule has 0 aromatic heterocycles. The number of rotatable bonds is 4. The van der Waals surface area contributed by atoms with Gasteiger partial charge in [0.15, 0.2) is 0 Å². The lowest BCUT2D eigenvalue weighted by Gasteiger charge is -2.36. The van der Waals surface area contributed by atoms with Gasteiger partial charge in [0.25, 0.3) is 0 Å². The molecule has 0 aliphatic carbocycles. The van der Waals surface area contributed by atoms with Crippen molar-refractivity contribution in [1.82, 2.24) is 9.21 Å². The minimum atomic E-state index is -3.57. The summed E-state index contributed by atoms with van der Waals surface area (Å²) in [5.41, 5.74) is 0.706. The number of hydrogen-bond donors (Lipinski definition) is 0. The first kappa shape index (κ1) is 19.0. The topological polar surface area (TPSA) is 64.4 Å². The first-order chi connectivity index (χ1) is 12.4. The van der Waals surface area contributed by atoms with Gasteiger partial charge in [-0.3, -0.25) is 4.90 Å². The van der Waals surface area contributed by atoms with E-state index in [0.717, 1.165) is 0 Å². The lowest BCUT2D eigenvalue weighted by molar-refractivity contribution is 0.162. The zero-order valence-corrected chi connectivity index (χ0v) is 16.2. The Hall–Kier alpha value is -1.79. The molecule has 2 aromatic carbocycles. The van der Waals surface area contributed by atoms with Gasteiger partial charge in [0.05, 0.1) is 11.0 Å². The molecule has 1 unspecified atom stereocenters. The summed E-state index contributed by atoms with van der Waals surface area (Å²) >= 11 is 3.29. The maximum atomic E-state index is 13.1. The van der Waals surface area contributed by atoms with E-state index in [2.05, 4.69) is 22.0 Å². The van der Waals surface area contributed by atoms with Gasteiger partial charge in [0.2, 0.25) is 10.0 Å². The molecule has 5 nitrogen and oxygen atoms in total. The van der Waals surface area contributed by atoms with Crippen LogP contribution in [0.3, 0.4) is 0 Å². The first-order valence-electron chi connectivity index (χ1n) is 8.06. The fraction of sp³-hybridized carbons (Fsp3) is 0.278. The fourth-order valence-corrected chi connectivity index (χ4v) is 5.01. The second-order valence-corrected chi connectivity index (χ2v) is 8.83. The van der Waals surface area contributed by atoms with Gasteiger partial charge in [-0.1, -0.05) is 34.1 Å². The Bertz CT molecular complexity index is 920. The molecular formula is C18H17BrFN3O2S. The van der Waals surface area contributed by atoms with Crippen molar-refractivity contribution in [3.63, 3.8) is 0 Å². The molecule has 1 atom stereocenters. The maximum absolute atomic E-state index is 13.1. The van der Waals surface area contributed by atoms with Crippen LogP contribution in [0.5, 0.6) is 0 Å². The van der Waals surface area contributed by atoms with Crippen LogP contribution in [0.4, 0.5) is 4.39 Å². The minimum absolute atomic E-state index is 0.246. The molecule has 136 valence electrons. The Balaban J connectivity index is 1.72. The predicted octanol–water partition coefficient (Wildman–Crippen LogP) is 3.16. The second-order valence-electron chi connectivity index (χ2n) is 5.98. The van der Waals surface area contributed by atoms with Crippen LogP contribution in [0.1, 0.15) is 11.6 Å². The quantitative estimate of drug-likeness (QED) is 0.736. The summed E-state index contributed by atoms with van der Waals surface area (Å²) in [4.78, 5) is 2.16. The monoisotopic (exact) mass is 437 g/mol. The Labute approximate surface area is 160 Å².